The Bertz CT molecular complexity index is 551. The molecule has 5 heteroatoms. The first-order valence-electron chi connectivity index (χ1n) is 8.12. The highest BCUT2D eigenvalue weighted by Crippen LogP contribution is 2.35. The Kier molecular flexibility index (Phi) is 4.69. The first kappa shape index (κ1) is 17.4. The zero-order valence-electron chi connectivity index (χ0n) is 14.9. The fraction of sp³-hybridized carbons (Fsp3) is 0.765. The van der Waals surface area contributed by atoms with Crippen LogP contribution in [0.4, 0.5) is 5.13 Å². The molecule has 1 aliphatic rings. The van der Waals surface area contributed by atoms with Gasteiger partial charge in [-0.3, -0.25) is 9.69 Å². The van der Waals surface area contributed by atoms with E-state index in [0.29, 0.717) is 0 Å². The van der Waals surface area contributed by atoms with Crippen molar-refractivity contribution in [2.45, 2.75) is 78.3 Å². The average Bonchev–Trinajstić information content (AvgIpc) is 2.67. The summed E-state index contributed by atoms with van der Waals surface area (Å²) >= 11 is 1.62. The summed E-state index contributed by atoms with van der Waals surface area (Å²) in [7, 11) is 0. The number of thiazole rings is 1. The van der Waals surface area contributed by atoms with Crippen molar-refractivity contribution in [1.29, 1.82) is 0 Å². The van der Waals surface area contributed by atoms with Gasteiger partial charge in [0.2, 0.25) is 5.91 Å². The third-order valence-electron chi connectivity index (χ3n) is 4.13. The van der Waals surface area contributed by atoms with Crippen LogP contribution in [0.1, 0.15) is 65.5 Å². The standard InChI is InChI=1S/C17H29N3OS/c1-8-11-13(16(2,3)4)22-15(18-11)19-14(21)12-9-10-20(12)17(5,6)7/h12H,8-10H2,1-7H3,(H,18,19,21). The zero-order chi connectivity index (χ0) is 16.7. The van der Waals surface area contributed by atoms with E-state index in [-0.39, 0.29) is 22.9 Å². The number of nitrogens with zero attached hydrogens (tertiary/aromatic N) is 2. The van der Waals surface area contributed by atoms with Gasteiger partial charge in [0.15, 0.2) is 5.13 Å². The van der Waals surface area contributed by atoms with Crippen molar-refractivity contribution in [2.75, 3.05) is 11.9 Å². The summed E-state index contributed by atoms with van der Waals surface area (Å²) in [5, 5.41) is 3.78. The normalized spacial score (nSPS) is 19.9. The Morgan fingerprint density at radius 2 is 1.95 bits per heavy atom. The summed E-state index contributed by atoms with van der Waals surface area (Å²) in [4.78, 5) is 20.7. The molecule has 1 aliphatic heterocycles. The SMILES string of the molecule is CCc1nc(NC(=O)C2CCN2C(C)(C)C)sc1C(C)(C)C. The molecule has 1 amide bonds. The van der Waals surface area contributed by atoms with Crippen LogP contribution in [0, 0.1) is 0 Å². The minimum Gasteiger partial charge on any atom is -0.301 e. The number of hydrogen-bond acceptors (Lipinski definition) is 4. The molecular formula is C17H29N3OS. The number of likely N-dealkylation sites (tertiary alicyclic amines) is 1. The van der Waals surface area contributed by atoms with Crippen molar-refractivity contribution in [3.8, 4) is 0 Å². The molecule has 0 aliphatic carbocycles. The Morgan fingerprint density at radius 1 is 1.32 bits per heavy atom. The third-order valence-corrected chi connectivity index (χ3v) is 5.57. The van der Waals surface area contributed by atoms with Gasteiger partial charge in [0.25, 0.3) is 0 Å². The van der Waals surface area contributed by atoms with E-state index in [1.54, 1.807) is 11.3 Å². The van der Waals surface area contributed by atoms with Crippen molar-refractivity contribution < 1.29 is 4.79 Å². The van der Waals surface area contributed by atoms with E-state index >= 15 is 0 Å². The topological polar surface area (TPSA) is 45.2 Å². The highest BCUT2D eigenvalue weighted by atomic mass is 32.1. The second-order valence-corrected chi connectivity index (χ2v) is 9.06. The lowest BCUT2D eigenvalue weighted by atomic mass is 9.92. The van der Waals surface area contributed by atoms with Crippen LogP contribution >= 0.6 is 11.3 Å². The van der Waals surface area contributed by atoms with Gasteiger partial charge in [-0.25, -0.2) is 4.98 Å². The van der Waals surface area contributed by atoms with E-state index in [1.165, 1.54) is 4.88 Å². The average molecular weight is 324 g/mol. The number of anilines is 1. The number of carbonyl (C=O) groups excluding carboxylic acids is 1. The van der Waals surface area contributed by atoms with Gasteiger partial charge >= 0.3 is 0 Å². The van der Waals surface area contributed by atoms with Gasteiger partial charge in [-0.1, -0.05) is 27.7 Å². The lowest BCUT2D eigenvalue weighted by Gasteiger charge is -2.48. The largest absolute Gasteiger partial charge is 0.301 e. The lowest BCUT2D eigenvalue weighted by molar-refractivity contribution is -0.129. The van der Waals surface area contributed by atoms with Crippen molar-refractivity contribution in [3.05, 3.63) is 10.6 Å². The lowest BCUT2D eigenvalue weighted by Crippen LogP contribution is -2.61. The van der Waals surface area contributed by atoms with E-state index in [0.717, 1.165) is 30.2 Å². The molecule has 1 atom stereocenters. The van der Waals surface area contributed by atoms with Crippen molar-refractivity contribution in [1.82, 2.24) is 9.88 Å². The summed E-state index contributed by atoms with van der Waals surface area (Å²) < 4.78 is 0. The molecule has 0 radical (unpaired) electrons. The highest BCUT2D eigenvalue weighted by Gasteiger charge is 2.40. The minimum atomic E-state index is -0.0212. The van der Waals surface area contributed by atoms with Gasteiger partial charge in [-0.15, -0.1) is 11.3 Å². The van der Waals surface area contributed by atoms with Crippen molar-refractivity contribution in [2.24, 2.45) is 0 Å². The van der Waals surface area contributed by atoms with E-state index in [4.69, 9.17) is 0 Å². The van der Waals surface area contributed by atoms with Crippen molar-refractivity contribution in [3.63, 3.8) is 0 Å². The van der Waals surface area contributed by atoms with Crippen LogP contribution < -0.4 is 5.32 Å². The predicted molar refractivity (Wildman–Crippen MR) is 93.7 cm³/mol. The molecule has 0 bridgehead atoms. The van der Waals surface area contributed by atoms with Gasteiger partial charge in [0.05, 0.1) is 11.7 Å². The molecule has 4 nitrogen and oxygen atoms in total. The van der Waals surface area contributed by atoms with E-state index in [9.17, 15) is 4.79 Å². The molecule has 2 rings (SSSR count). The molecule has 1 fully saturated rings. The van der Waals surface area contributed by atoms with Crippen LogP contribution in [0.5, 0.6) is 0 Å². The molecule has 1 saturated heterocycles. The maximum absolute atomic E-state index is 12.5. The summed E-state index contributed by atoms with van der Waals surface area (Å²) in [6.45, 7) is 16.2. The van der Waals surface area contributed by atoms with Gasteiger partial charge in [-0.05, 0) is 39.0 Å². The Morgan fingerprint density at radius 3 is 2.32 bits per heavy atom. The zero-order valence-corrected chi connectivity index (χ0v) is 15.7. The maximum Gasteiger partial charge on any atom is 0.243 e. The first-order chi connectivity index (χ1) is 10.0. The summed E-state index contributed by atoms with van der Waals surface area (Å²) in [6, 6.07) is -0.0212. The molecule has 0 aromatic carbocycles. The predicted octanol–water partition coefficient (Wildman–Crippen LogP) is 3.81. The van der Waals surface area contributed by atoms with Crippen LogP contribution in [0.25, 0.3) is 0 Å². The number of rotatable bonds is 3. The Labute approximate surface area is 138 Å². The molecule has 1 aromatic rings. The van der Waals surface area contributed by atoms with Gasteiger partial charge in [0, 0.05) is 17.0 Å². The van der Waals surface area contributed by atoms with Crippen molar-refractivity contribution >= 4 is 22.4 Å². The van der Waals surface area contributed by atoms with Crippen LogP contribution in [-0.4, -0.2) is 33.9 Å². The molecule has 0 spiro atoms. The fourth-order valence-corrected chi connectivity index (χ4v) is 4.00. The van der Waals surface area contributed by atoms with Crippen LogP contribution in [0.2, 0.25) is 0 Å². The number of aryl methyl sites for hydroxylation is 1. The molecule has 2 heterocycles. The third kappa shape index (κ3) is 3.51. The first-order valence-corrected chi connectivity index (χ1v) is 8.93. The van der Waals surface area contributed by atoms with Crippen LogP contribution in [-0.2, 0) is 16.6 Å². The van der Waals surface area contributed by atoms with Gasteiger partial charge in [-0.2, -0.15) is 0 Å². The Hall–Kier alpha value is -0.940. The molecule has 1 aromatic heterocycles. The second kappa shape index (κ2) is 5.93. The number of hydrogen-bond donors (Lipinski definition) is 1. The summed E-state index contributed by atoms with van der Waals surface area (Å²) in [6.07, 6.45) is 1.83. The smallest absolute Gasteiger partial charge is 0.243 e. The summed E-state index contributed by atoms with van der Waals surface area (Å²) in [5.41, 5.74) is 1.21. The molecule has 1 unspecified atom stereocenters. The van der Waals surface area contributed by atoms with Crippen LogP contribution in [0.15, 0.2) is 0 Å². The molecule has 1 N–H and O–H groups in total. The Balaban J connectivity index is 2.11. The maximum atomic E-state index is 12.5. The minimum absolute atomic E-state index is 0.0212. The van der Waals surface area contributed by atoms with Gasteiger partial charge in [0.1, 0.15) is 0 Å². The second-order valence-electron chi connectivity index (χ2n) is 8.06. The fourth-order valence-electron chi connectivity index (χ4n) is 2.88. The monoisotopic (exact) mass is 323 g/mol. The number of amides is 1. The van der Waals surface area contributed by atoms with Gasteiger partial charge < -0.3 is 5.32 Å². The number of carbonyl (C=O) groups is 1. The van der Waals surface area contributed by atoms with E-state index in [1.807, 2.05) is 0 Å². The highest BCUT2D eigenvalue weighted by molar-refractivity contribution is 7.16. The molecule has 0 saturated carbocycles. The van der Waals surface area contributed by atoms with E-state index in [2.05, 4.69) is 63.7 Å². The molecular weight excluding hydrogens is 294 g/mol. The summed E-state index contributed by atoms with van der Waals surface area (Å²) in [5.74, 6) is 0.0815. The molecule has 22 heavy (non-hydrogen) atoms. The molecule has 124 valence electrons. The number of nitrogens with one attached hydrogen (secondary N) is 1. The number of aromatic nitrogens is 1. The van der Waals surface area contributed by atoms with Crippen LogP contribution in [0.3, 0.4) is 0 Å². The van der Waals surface area contributed by atoms with E-state index < -0.39 is 0 Å². The quantitative estimate of drug-likeness (QED) is 0.920.